The van der Waals surface area contributed by atoms with Gasteiger partial charge >= 0.3 is 0 Å². The number of nitrogens with one attached hydrogen (secondary N) is 1. The number of β-amino-alcohol motifs (C(OH)–C–C–N with tert-alkyl or cyclic N) is 1. The predicted octanol–water partition coefficient (Wildman–Crippen LogP) is 2.26. The van der Waals surface area contributed by atoms with E-state index in [1.165, 1.54) is 12.8 Å². The van der Waals surface area contributed by atoms with Crippen LogP contribution in [0.25, 0.3) is 0 Å². The Bertz CT molecular complexity index is 528. The van der Waals surface area contributed by atoms with Crippen molar-refractivity contribution in [1.82, 2.24) is 10.2 Å². The monoisotopic (exact) mass is 321 g/mol. The molecule has 1 aliphatic rings. The summed E-state index contributed by atoms with van der Waals surface area (Å²) in [5.74, 6) is 0.125. The summed E-state index contributed by atoms with van der Waals surface area (Å²) in [6.45, 7) is 7.76. The van der Waals surface area contributed by atoms with Crippen LogP contribution in [0.3, 0.4) is 0 Å². The molecule has 6 heteroatoms. The Balaban J connectivity index is 1.85. The number of aliphatic hydroxyl groups is 1. The van der Waals surface area contributed by atoms with E-state index in [1.54, 1.807) is 6.07 Å². The van der Waals surface area contributed by atoms with Gasteiger partial charge in [0, 0.05) is 31.3 Å². The smallest absolute Gasteiger partial charge is 0.273 e. The average molecular weight is 321 g/mol. The fourth-order valence-electron chi connectivity index (χ4n) is 3.06. The van der Waals surface area contributed by atoms with Crippen molar-refractivity contribution in [3.63, 3.8) is 0 Å². The minimum atomic E-state index is -0.405. The predicted molar refractivity (Wildman–Crippen MR) is 90.6 cm³/mol. The maximum Gasteiger partial charge on any atom is 0.273 e. The maximum absolute atomic E-state index is 11.2. The summed E-state index contributed by atoms with van der Waals surface area (Å²) in [6.07, 6.45) is 2.02. The number of likely N-dealkylation sites (tertiary alicyclic amines) is 1. The molecule has 6 nitrogen and oxygen atoms in total. The van der Waals surface area contributed by atoms with E-state index in [1.807, 2.05) is 26.0 Å². The standard InChI is InChI=1S/C17H27N3O3/c1-13(2)16-6-5-14(9-17(16)20(22)23)10-18-11-15(21)12-19-7-3-4-8-19/h5-6,9,13,15,18,21H,3-4,7-8,10-12H2,1-2H3. The fraction of sp³-hybridized carbons (Fsp3) is 0.647. The number of nitrogens with zero attached hydrogens (tertiary/aromatic N) is 2. The largest absolute Gasteiger partial charge is 0.390 e. The fourth-order valence-corrected chi connectivity index (χ4v) is 3.06. The lowest BCUT2D eigenvalue weighted by atomic mass is 9.99. The number of aliphatic hydroxyl groups excluding tert-OH is 1. The number of nitro groups is 1. The van der Waals surface area contributed by atoms with Crippen LogP contribution in [0.15, 0.2) is 18.2 Å². The lowest BCUT2D eigenvalue weighted by molar-refractivity contribution is -0.385. The normalized spacial score (nSPS) is 16.9. The van der Waals surface area contributed by atoms with Crippen molar-refractivity contribution >= 4 is 5.69 Å². The van der Waals surface area contributed by atoms with Gasteiger partial charge in [0.05, 0.1) is 11.0 Å². The molecule has 0 amide bonds. The van der Waals surface area contributed by atoms with E-state index in [0.717, 1.165) is 24.2 Å². The molecule has 0 radical (unpaired) electrons. The molecule has 1 aromatic rings. The van der Waals surface area contributed by atoms with E-state index in [9.17, 15) is 15.2 Å². The van der Waals surface area contributed by atoms with Crippen LogP contribution in [0.1, 0.15) is 43.7 Å². The van der Waals surface area contributed by atoms with Gasteiger partial charge in [-0.1, -0.05) is 26.0 Å². The molecular formula is C17H27N3O3. The Morgan fingerprint density at radius 1 is 1.35 bits per heavy atom. The number of rotatable bonds is 8. The van der Waals surface area contributed by atoms with E-state index < -0.39 is 6.10 Å². The molecule has 1 aromatic carbocycles. The van der Waals surface area contributed by atoms with Gasteiger partial charge < -0.3 is 15.3 Å². The molecule has 0 bridgehead atoms. The molecule has 2 rings (SSSR count). The molecule has 0 saturated carbocycles. The lowest BCUT2D eigenvalue weighted by Gasteiger charge is -2.19. The third kappa shape index (κ3) is 5.27. The molecule has 1 fully saturated rings. The Hall–Kier alpha value is -1.50. The minimum absolute atomic E-state index is 0.125. The molecule has 0 spiro atoms. The van der Waals surface area contributed by atoms with Gasteiger partial charge in [0.2, 0.25) is 0 Å². The summed E-state index contributed by atoms with van der Waals surface area (Å²) in [4.78, 5) is 13.1. The van der Waals surface area contributed by atoms with Crippen LogP contribution in [-0.4, -0.2) is 47.2 Å². The quantitative estimate of drug-likeness (QED) is 0.567. The van der Waals surface area contributed by atoms with Crippen LogP contribution in [0, 0.1) is 10.1 Å². The molecule has 1 heterocycles. The van der Waals surface area contributed by atoms with Crippen LogP contribution >= 0.6 is 0 Å². The summed E-state index contributed by atoms with van der Waals surface area (Å²) in [5, 5.41) is 24.4. The summed E-state index contributed by atoms with van der Waals surface area (Å²) >= 11 is 0. The molecule has 23 heavy (non-hydrogen) atoms. The molecule has 2 N–H and O–H groups in total. The van der Waals surface area contributed by atoms with E-state index in [0.29, 0.717) is 19.6 Å². The third-order valence-corrected chi connectivity index (χ3v) is 4.29. The summed E-state index contributed by atoms with van der Waals surface area (Å²) in [6, 6.07) is 5.39. The lowest BCUT2D eigenvalue weighted by Crippen LogP contribution is -2.36. The van der Waals surface area contributed by atoms with Gasteiger partial charge in [0.25, 0.3) is 5.69 Å². The zero-order valence-electron chi connectivity index (χ0n) is 14.0. The Kier molecular flexibility index (Phi) is 6.50. The molecule has 0 aromatic heterocycles. The van der Waals surface area contributed by atoms with Gasteiger partial charge in [-0.3, -0.25) is 10.1 Å². The van der Waals surface area contributed by atoms with Gasteiger partial charge in [-0.15, -0.1) is 0 Å². The van der Waals surface area contributed by atoms with Crippen molar-refractivity contribution in [3.05, 3.63) is 39.4 Å². The summed E-state index contributed by atoms with van der Waals surface area (Å²) in [7, 11) is 0. The molecule has 0 aliphatic carbocycles. The summed E-state index contributed by atoms with van der Waals surface area (Å²) in [5.41, 5.74) is 1.80. The van der Waals surface area contributed by atoms with Gasteiger partial charge in [-0.25, -0.2) is 0 Å². The first kappa shape index (κ1) is 17.8. The van der Waals surface area contributed by atoms with Crippen molar-refractivity contribution in [2.75, 3.05) is 26.2 Å². The van der Waals surface area contributed by atoms with Crippen molar-refractivity contribution in [2.45, 2.75) is 45.3 Å². The van der Waals surface area contributed by atoms with E-state index in [2.05, 4.69) is 10.2 Å². The highest BCUT2D eigenvalue weighted by Gasteiger charge is 2.18. The Labute approximate surface area is 137 Å². The second-order valence-electron chi connectivity index (χ2n) is 6.60. The van der Waals surface area contributed by atoms with Crippen molar-refractivity contribution in [2.24, 2.45) is 0 Å². The van der Waals surface area contributed by atoms with E-state index >= 15 is 0 Å². The van der Waals surface area contributed by atoms with Crippen LogP contribution in [-0.2, 0) is 6.54 Å². The molecular weight excluding hydrogens is 294 g/mol. The van der Waals surface area contributed by atoms with Crippen LogP contribution in [0.4, 0.5) is 5.69 Å². The highest BCUT2D eigenvalue weighted by atomic mass is 16.6. The Morgan fingerprint density at radius 2 is 2.04 bits per heavy atom. The Morgan fingerprint density at radius 3 is 2.65 bits per heavy atom. The van der Waals surface area contributed by atoms with Crippen LogP contribution in [0.5, 0.6) is 0 Å². The van der Waals surface area contributed by atoms with Crippen molar-refractivity contribution in [3.8, 4) is 0 Å². The second-order valence-corrected chi connectivity index (χ2v) is 6.60. The first-order chi connectivity index (χ1) is 11.0. The highest BCUT2D eigenvalue weighted by Crippen LogP contribution is 2.27. The molecule has 1 atom stereocenters. The highest BCUT2D eigenvalue weighted by molar-refractivity contribution is 5.45. The zero-order valence-corrected chi connectivity index (χ0v) is 14.0. The second kappa shape index (κ2) is 8.38. The van der Waals surface area contributed by atoms with Crippen LogP contribution < -0.4 is 5.32 Å². The topological polar surface area (TPSA) is 78.6 Å². The summed E-state index contributed by atoms with van der Waals surface area (Å²) < 4.78 is 0. The molecule has 1 saturated heterocycles. The zero-order chi connectivity index (χ0) is 16.8. The number of hydrogen-bond donors (Lipinski definition) is 2. The third-order valence-electron chi connectivity index (χ3n) is 4.29. The van der Waals surface area contributed by atoms with E-state index in [4.69, 9.17) is 0 Å². The molecule has 1 unspecified atom stereocenters. The van der Waals surface area contributed by atoms with E-state index in [-0.39, 0.29) is 16.5 Å². The number of hydrogen-bond acceptors (Lipinski definition) is 5. The van der Waals surface area contributed by atoms with Gasteiger partial charge in [-0.05, 0) is 37.4 Å². The van der Waals surface area contributed by atoms with Gasteiger partial charge in [-0.2, -0.15) is 0 Å². The first-order valence-corrected chi connectivity index (χ1v) is 8.35. The maximum atomic E-state index is 11.2. The first-order valence-electron chi connectivity index (χ1n) is 8.35. The van der Waals surface area contributed by atoms with Crippen molar-refractivity contribution in [1.29, 1.82) is 0 Å². The van der Waals surface area contributed by atoms with Gasteiger partial charge in [0.1, 0.15) is 0 Å². The number of nitro benzene ring substituents is 1. The van der Waals surface area contributed by atoms with Crippen LogP contribution in [0.2, 0.25) is 0 Å². The molecule has 1 aliphatic heterocycles. The minimum Gasteiger partial charge on any atom is -0.390 e. The van der Waals surface area contributed by atoms with Crippen molar-refractivity contribution < 1.29 is 10.0 Å². The SMILES string of the molecule is CC(C)c1ccc(CNCC(O)CN2CCCC2)cc1[N+](=O)[O-]. The molecule has 128 valence electrons. The number of benzene rings is 1. The average Bonchev–Trinajstić information content (AvgIpc) is 2.99. The van der Waals surface area contributed by atoms with Gasteiger partial charge in [0.15, 0.2) is 0 Å².